The third kappa shape index (κ3) is 3.73. The zero-order valence-electron chi connectivity index (χ0n) is 17.4. The molecule has 2 N–H and O–H groups in total. The van der Waals surface area contributed by atoms with E-state index >= 15 is 0 Å². The quantitative estimate of drug-likeness (QED) is 0.586. The molecular weight excluding hydrogens is 384 g/mol. The zero-order chi connectivity index (χ0) is 22.2. The Morgan fingerprint density at radius 2 is 1.63 bits per heavy atom. The Bertz CT molecular complexity index is 1090. The SMILES string of the molecule is COC(=O)CCc1cc(C2=C(O)c3ccccc3C(=O)C2=O)cc(C(C)(C)C)c1O. The van der Waals surface area contributed by atoms with Crippen molar-refractivity contribution in [1.82, 2.24) is 0 Å². The van der Waals surface area contributed by atoms with E-state index in [0.29, 0.717) is 22.3 Å². The fourth-order valence-electron chi connectivity index (χ4n) is 3.57. The number of ketones is 2. The monoisotopic (exact) mass is 408 g/mol. The van der Waals surface area contributed by atoms with E-state index in [2.05, 4.69) is 4.74 Å². The second-order valence-electron chi connectivity index (χ2n) is 8.29. The number of carbonyl (C=O) groups excluding carboxylic acids is 3. The summed E-state index contributed by atoms with van der Waals surface area (Å²) >= 11 is 0. The average Bonchev–Trinajstić information content (AvgIpc) is 2.71. The molecule has 30 heavy (non-hydrogen) atoms. The molecule has 0 heterocycles. The van der Waals surface area contributed by atoms with Gasteiger partial charge in [0.25, 0.3) is 0 Å². The van der Waals surface area contributed by atoms with Crippen molar-refractivity contribution in [3.05, 3.63) is 64.2 Å². The number of hydrogen-bond acceptors (Lipinski definition) is 6. The van der Waals surface area contributed by atoms with Crippen molar-refractivity contribution in [2.45, 2.75) is 39.0 Å². The van der Waals surface area contributed by atoms with Crippen LogP contribution < -0.4 is 0 Å². The first-order chi connectivity index (χ1) is 14.1. The van der Waals surface area contributed by atoms with Crippen LogP contribution in [0.5, 0.6) is 5.75 Å². The number of hydrogen-bond donors (Lipinski definition) is 2. The normalized spacial score (nSPS) is 14.0. The molecule has 156 valence electrons. The smallest absolute Gasteiger partial charge is 0.305 e. The Kier molecular flexibility index (Phi) is 5.53. The van der Waals surface area contributed by atoms with Crippen molar-refractivity contribution in [3.63, 3.8) is 0 Å². The molecule has 0 radical (unpaired) electrons. The van der Waals surface area contributed by atoms with Crippen molar-refractivity contribution in [3.8, 4) is 5.75 Å². The highest BCUT2D eigenvalue weighted by atomic mass is 16.5. The second kappa shape index (κ2) is 7.78. The maximum atomic E-state index is 12.9. The molecule has 1 aliphatic rings. The number of allylic oxidation sites excluding steroid dienone is 1. The van der Waals surface area contributed by atoms with E-state index in [1.54, 1.807) is 24.3 Å². The number of carbonyl (C=O) groups is 3. The van der Waals surface area contributed by atoms with E-state index in [1.807, 2.05) is 20.8 Å². The van der Waals surface area contributed by atoms with Crippen LogP contribution in [0.25, 0.3) is 11.3 Å². The minimum atomic E-state index is -0.810. The van der Waals surface area contributed by atoms with E-state index in [4.69, 9.17) is 0 Å². The first-order valence-electron chi connectivity index (χ1n) is 9.61. The largest absolute Gasteiger partial charge is 0.507 e. The molecule has 3 rings (SSSR count). The van der Waals surface area contributed by atoms with E-state index in [1.165, 1.54) is 19.2 Å². The van der Waals surface area contributed by atoms with E-state index in [0.717, 1.165) is 0 Å². The van der Waals surface area contributed by atoms with Crippen LogP contribution in [0.1, 0.15) is 59.8 Å². The van der Waals surface area contributed by atoms with Crippen molar-refractivity contribution in [2.24, 2.45) is 0 Å². The molecule has 0 bridgehead atoms. The molecule has 0 atom stereocenters. The van der Waals surface area contributed by atoms with Gasteiger partial charge in [0, 0.05) is 23.1 Å². The third-order valence-corrected chi connectivity index (χ3v) is 5.21. The summed E-state index contributed by atoms with van der Waals surface area (Å²) in [6.45, 7) is 5.69. The van der Waals surface area contributed by atoms with Gasteiger partial charge in [-0.3, -0.25) is 14.4 Å². The first kappa shape index (κ1) is 21.3. The lowest BCUT2D eigenvalue weighted by Gasteiger charge is -2.25. The van der Waals surface area contributed by atoms with Crippen LogP contribution in [0.4, 0.5) is 0 Å². The van der Waals surface area contributed by atoms with Gasteiger partial charge >= 0.3 is 5.97 Å². The highest BCUT2D eigenvalue weighted by Gasteiger charge is 2.34. The molecule has 0 amide bonds. The summed E-state index contributed by atoms with van der Waals surface area (Å²) in [4.78, 5) is 37.1. The Labute approximate surface area is 174 Å². The average molecular weight is 408 g/mol. The van der Waals surface area contributed by atoms with Gasteiger partial charge < -0.3 is 14.9 Å². The minimum absolute atomic E-state index is 0.0187. The van der Waals surface area contributed by atoms with Crippen LogP contribution in [0.3, 0.4) is 0 Å². The molecule has 6 nitrogen and oxygen atoms in total. The van der Waals surface area contributed by atoms with Gasteiger partial charge in [-0.2, -0.15) is 0 Å². The van der Waals surface area contributed by atoms with Gasteiger partial charge in [-0.05, 0) is 35.1 Å². The predicted molar refractivity (Wildman–Crippen MR) is 112 cm³/mol. The van der Waals surface area contributed by atoms with Crippen LogP contribution in [-0.4, -0.2) is 34.9 Å². The number of aryl methyl sites for hydroxylation is 1. The summed E-state index contributed by atoms with van der Waals surface area (Å²) < 4.78 is 4.67. The van der Waals surface area contributed by atoms with Crippen molar-refractivity contribution in [1.29, 1.82) is 0 Å². The van der Waals surface area contributed by atoms with E-state index in [9.17, 15) is 24.6 Å². The lowest BCUT2D eigenvalue weighted by molar-refractivity contribution is -0.140. The molecule has 0 fully saturated rings. The molecule has 2 aromatic rings. The summed E-state index contributed by atoms with van der Waals surface area (Å²) in [7, 11) is 1.28. The lowest BCUT2D eigenvalue weighted by atomic mass is 9.80. The van der Waals surface area contributed by atoms with Crippen LogP contribution in [0, 0.1) is 0 Å². The van der Waals surface area contributed by atoms with Gasteiger partial charge in [-0.25, -0.2) is 0 Å². The Morgan fingerprint density at radius 3 is 2.23 bits per heavy atom. The van der Waals surface area contributed by atoms with Gasteiger partial charge in [-0.1, -0.05) is 45.0 Å². The standard InChI is InChI=1S/C24H24O6/c1-24(2,3)17-12-14(11-13(20(17)26)9-10-18(25)30-4)19-21(27)15-7-5-6-8-16(15)22(28)23(19)29/h5-8,11-12,26-27H,9-10H2,1-4H3. The van der Waals surface area contributed by atoms with Gasteiger partial charge in [0.15, 0.2) is 0 Å². The molecule has 2 aromatic carbocycles. The Hall–Kier alpha value is -3.41. The number of ether oxygens (including phenoxy) is 1. The second-order valence-corrected chi connectivity index (χ2v) is 8.29. The van der Waals surface area contributed by atoms with Gasteiger partial charge in [-0.15, -0.1) is 0 Å². The molecule has 0 saturated carbocycles. The fraction of sp³-hybridized carbons (Fsp3) is 0.292. The number of methoxy groups -OCH3 is 1. The third-order valence-electron chi connectivity index (χ3n) is 5.21. The lowest BCUT2D eigenvalue weighted by Crippen LogP contribution is -2.24. The molecular formula is C24H24O6. The number of fused-ring (bicyclic) bond motifs is 1. The minimum Gasteiger partial charge on any atom is -0.507 e. The first-order valence-corrected chi connectivity index (χ1v) is 9.61. The Balaban J connectivity index is 2.23. The summed E-state index contributed by atoms with van der Waals surface area (Å²) in [5.41, 5.74) is 1.15. The molecule has 0 spiro atoms. The van der Waals surface area contributed by atoms with Crippen LogP contribution in [-0.2, 0) is 26.2 Å². The number of aromatic hydroxyl groups is 1. The highest BCUT2D eigenvalue weighted by Crippen LogP contribution is 2.40. The maximum absolute atomic E-state index is 12.9. The topological polar surface area (TPSA) is 101 Å². The van der Waals surface area contributed by atoms with Crippen molar-refractivity contribution < 1.29 is 29.3 Å². The number of phenolic OH excluding ortho intramolecular Hbond substituents is 1. The molecule has 1 aliphatic carbocycles. The molecule has 0 aliphatic heterocycles. The van der Waals surface area contributed by atoms with Crippen molar-refractivity contribution >= 4 is 28.9 Å². The van der Waals surface area contributed by atoms with Crippen molar-refractivity contribution in [2.75, 3.05) is 7.11 Å². The van der Waals surface area contributed by atoms with Gasteiger partial charge in [0.05, 0.1) is 12.7 Å². The Morgan fingerprint density at radius 1 is 1.00 bits per heavy atom. The predicted octanol–water partition coefficient (Wildman–Crippen LogP) is 3.99. The number of aliphatic hydroxyl groups excluding tert-OH is 1. The molecule has 6 heteroatoms. The van der Waals surface area contributed by atoms with E-state index in [-0.39, 0.29) is 35.5 Å². The maximum Gasteiger partial charge on any atom is 0.305 e. The number of esters is 1. The summed E-state index contributed by atoms with van der Waals surface area (Å²) in [5, 5.41) is 21.6. The van der Waals surface area contributed by atoms with E-state index < -0.39 is 23.0 Å². The highest BCUT2D eigenvalue weighted by molar-refractivity contribution is 6.62. The summed E-state index contributed by atoms with van der Waals surface area (Å²) in [5.74, 6) is -2.20. The molecule has 0 unspecified atom stereocenters. The zero-order valence-corrected chi connectivity index (χ0v) is 17.4. The summed E-state index contributed by atoms with van der Waals surface area (Å²) in [6, 6.07) is 9.54. The van der Waals surface area contributed by atoms with Crippen LogP contribution in [0.2, 0.25) is 0 Å². The van der Waals surface area contributed by atoms with Gasteiger partial charge in [0.2, 0.25) is 11.6 Å². The number of aliphatic hydroxyl groups is 1. The number of Topliss-reactive ketones (excluding diaryl/α,β-unsaturated/α-hetero) is 2. The van der Waals surface area contributed by atoms with Gasteiger partial charge in [0.1, 0.15) is 11.5 Å². The molecule has 0 aromatic heterocycles. The fourth-order valence-corrected chi connectivity index (χ4v) is 3.57. The van der Waals surface area contributed by atoms with Crippen LogP contribution in [0.15, 0.2) is 36.4 Å². The summed E-state index contributed by atoms with van der Waals surface area (Å²) in [6.07, 6.45) is 0.222. The molecule has 0 saturated heterocycles. The van der Waals surface area contributed by atoms with Crippen LogP contribution >= 0.6 is 0 Å². The number of rotatable bonds is 4. The number of phenols is 1. The number of benzene rings is 2.